The summed E-state index contributed by atoms with van der Waals surface area (Å²) in [5.41, 5.74) is 0. The number of benzene rings is 1. The molecule has 0 N–H and O–H groups in total. The van der Waals surface area contributed by atoms with Gasteiger partial charge in [-0.05, 0) is 0 Å². The molecule has 2 heteroatoms. The summed E-state index contributed by atoms with van der Waals surface area (Å²) in [4.78, 5) is 0. The van der Waals surface area contributed by atoms with Crippen LogP contribution in [0.1, 0.15) is 13.8 Å². The van der Waals surface area contributed by atoms with Gasteiger partial charge in [-0.25, -0.2) is 0 Å². The van der Waals surface area contributed by atoms with Gasteiger partial charge in [0.05, 0.1) is 0 Å². The predicted molar refractivity (Wildman–Crippen MR) is 47.3 cm³/mol. The van der Waals surface area contributed by atoms with Gasteiger partial charge in [-0.2, -0.15) is 13.8 Å². The summed E-state index contributed by atoms with van der Waals surface area (Å²) in [6.07, 6.45) is 2.00. The van der Waals surface area contributed by atoms with E-state index < -0.39 is 0 Å². The maximum Gasteiger partial charge on any atom is 2.00 e. The van der Waals surface area contributed by atoms with E-state index in [0.29, 0.717) is 0 Å². The van der Waals surface area contributed by atoms with Crippen molar-refractivity contribution in [1.29, 1.82) is 0 Å². The van der Waals surface area contributed by atoms with Crippen LogP contribution >= 0.6 is 0 Å². The molecule has 0 heterocycles. The molecule has 0 aliphatic rings. The van der Waals surface area contributed by atoms with Gasteiger partial charge in [0.15, 0.2) is 0 Å². The summed E-state index contributed by atoms with van der Waals surface area (Å²) >= 11 is 0. The van der Waals surface area contributed by atoms with Gasteiger partial charge in [-0.15, -0.1) is 5.75 Å². The maximum atomic E-state index is 10.3. The van der Waals surface area contributed by atoms with E-state index >= 15 is 0 Å². The molecule has 1 aromatic rings. The van der Waals surface area contributed by atoms with Gasteiger partial charge in [-0.1, -0.05) is 30.3 Å². The zero-order valence-corrected chi connectivity index (χ0v) is 8.49. The first kappa shape index (κ1) is 13.4. The topological polar surface area (TPSA) is 23.1 Å². The number of hydrogen-bond donors (Lipinski definition) is 0. The summed E-state index contributed by atoms with van der Waals surface area (Å²) in [5, 5.41) is 10.3. The number of rotatable bonds is 0. The van der Waals surface area contributed by atoms with Gasteiger partial charge >= 0.3 is 23.1 Å². The van der Waals surface area contributed by atoms with Crippen molar-refractivity contribution in [2.45, 2.75) is 13.8 Å². The van der Waals surface area contributed by atoms with E-state index in [1.54, 1.807) is 12.1 Å². The third-order valence-electron chi connectivity index (χ3n) is 0.743. The van der Waals surface area contributed by atoms with E-state index in [2.05, 4.69) is 0 Å². The van der Waals surface area contributed by atoms with Crippen LogP contribution in [0.25, 0.3) is 0 Å². The number of hydrogen-bond acceptors (Lipinski definition) is 1. The van der Waals surface area contributed by atoms with Crippen LogP contribution in [0.15, 0.2) is 30.3 Å². The molecule has 0 saturated heterocycles. The van der Waals surface area contributed by atoms with Crippen molar-refractivity contribution in [3.05, 3.63) is 36.8 Å². The van der Waals surface area contributed by atoms with Gasteiger partial charge in [0.25, 0.3) is 0 Å². The molecule has 0 atom stereocenters. The molecule has 0 radical (unpaired) electrons. The first-order valence-corrected chi connectivity index (χ1v) is 3.27. The molecule has 1 rings (SSSR count). The Labute approximate surface area is 84.6 Å². The van der Waals surface area contributed by atoms with Crippen LogP contribution in [-0.4, -0.2) is 23.1 Å². The van der Waals surface area contributed by atoms with Crippen molar-refractivity contribution in [2.24, 2.45) is 0 Å². The Morgan fingerprint density at radius 1 is 1.09 bits per heavy atom. The minimum atomic E-state index is 0. The van der Waals surface area contributed by atoms with Crippen LogP contribution in [0, 0.1) is 6.42 Å². The quantitative estimate of drug-likeness (QED) is 0.418. The van der Waals surface area contributed by atoms with Crippen LogP contribution in [0.2, 0.25) is 0 Å². The smallest absolute Gasteiger partial charge is 0.872 e. The van der Waals surface area contributed by atoms with Crippen molar-refractivity contribution in [3.63, 3.8) is 0 Å². The molecular formula is C9H12MgO. The molecule has 0 aromatic heterocycles. The van der Waals surface area contributed by atoms with Crippen LogP contribution in [0.5, 0.6) is 5.75 Å². The molecule has 0 aliphatic carbocycles. The second kappa shape index (κ2) is 9.79. The average molecular weight is 160 g/mol. The fourth-order valence-electron chi connectivity index (χ4n) is 0.420. The monoisotopic (exact) mass is 160 g/mol. The van der Waals surface area contributed by atoms with Gasteiger partial charge in [0, 0.05) is 0 Å². The summed E-state index contributed by atoms with van der Waals surface area (Å²) < 4.78 is 0. The molecular weight excluding hydrogens is 148 g/mol. The maximum absolute atomic E-state index is 10.3. The van der Waals surface area contributed by atoms with Crippen molar-refractivity contribution in [2.75, 3.05) is 0 Å². The number of para-hydroxylation sites is 1. The van der Waals surface area contributed by atoms with E-state index in [9.17, 15) is 5.11 Å². The summed E-state index contributed by atoms with van der Waals surface area (Å²) in [7, 11) is 0. The first-order chi connectivity index (χ1) is 4.81. The van der Waals surface area contributed by atoms with Crippen LogP contribution in [-0.2, 0) is 0 Å². The van der Waals surface area contributed by atoms with E-state index in [1.807, 2.05) is 26.3 Å². The molecule has 0 spiro atoms. The molecule has 0 fully saturated rings. The summed E-state index contributed by atoms with van der Waals surface area (Å²) in [6, 6.07) is 8.33. The van der Waals surface area contributed by atoms with Gasteiger partial charge in [0.2, 0.25) is 0 Å². The van der Waals surface area contributed by atoms with E-state index in [-0.39, 0.29) is 28.8 Å². The largest absolute Gasteiger partial charge is 2.00 e. The van der Waals surface area contributed by atoms with E-state index in [1.165, 1.54) is 12.1 Å². The van der Waals surface area contributed by atoms with Crippen molar-refractivity contribution < 1.29 is 5.11 Å². The van der Waals surface area contributed by atoms with E-state index in [0.717, 1.165) is 0 Å². The minimum Gasteiger partial charge on any atom is -0.872 e. The summed E-state index contributed by atoms with van der Waals surface area (Å²) in [5.74, 6) is 0.0718. The fourth-order valence-corrected chi connectivity index (χ4v) is 0.420. The second-order valence-corrected chi connectivity index (χ2v) is 1.89. The Morgan fingerprint density at radius 2 is 1.45 bits per heavy atom. The van der Waals surface area contributed by atoms with Crippen molar-refractivity contribution in [3.8, 4) is 5.75 Å². The van der Waals surface area contributed by atoms with Crippen LogP contribution < -0.4 is 5.11 Å². The standard InChI is InChI=1S/C6H6O.C3H7.Mg/c7-6-4-2-1-3-5-6;1-3-2;/h1-5,7H;3H,1-2H3;/q;-1;+2/p-1. The van der Waals surface area contributed by atoms with Crippen LogP contribution in [0.4, 0.5) is 0 Å². The van der Waals surface area contributed by atoms with E-state index in [4.69, 9.17) is 0 Å². The van der Waals surface area contributed by atoms with Gasteiger partial charge in [-0.3, -0.25) is 0 Å². The van der Waals surface area contributed by atoms with Crippen molar-refractivity contribution in [1.82, 2.24) is 0 Å². The average Bonchev–Trinajstić information content (AvgIpc) is 1.91. The SMILES string of the molecule is C[CH-]C.[Mg+2].[O-]c1ccccc1. The third-order valence-corrected chi connectivity index (χ3v) is 0.743. The molecule has 1 aromatic carbocycles. The minimum absolute atomic E-state index is 0. The second-order valence-electron chi connectivity index (χ2n) is 1.89. The van der Waals surface area contributed by atoms with Gasteiger partial charge in [0.1, 0.15) is 0 Å². The zero-order chi connectivity index (χ0) is 7.82. The predicted octanol–water partition coefficient (Wildman–Crippen LogP) is 1.61. The first-order valence-electron chi connectivity index (χ1n) is 3.27. The van der Waals surface area contributed by atoms with Gasteiger partial charge < -0.3 is 11.5 Å². The summed E-state index contributed by atoms with van der Waals surface area (Å²) in [6.45, 7) is 4.00. The molecule has 0 aliphatic heterocycles. The molecule has 1 nitrogen and oxygen atoms in total. The Bertz CT molecular complexity index is 151. The normalized spacial score (nSPS) is 7.09. The Hall–Kier alpha value is -0.214. The molecule has 0 amide bonds. The van der Waals surface area contributed by atoms with Crippen molar-refractivity contribution >= 4 is 23.1 Å². The molecule has 0 unspecified atom stereocenters. The molecule has 0 saturated carbocycles. The Balaban J connectivity index is 0. The fraction of sp³-hybridized carbons (Fsp3) is 0.222. The molecule has 11 heavy (non-hydrogen) atoms. The zero-order valence-electron chi connectivity index (χ0n) is 7.08. The molecule has 0 bridgehead atoms. The third kappa shape index (κ3) is 9.79. The van der Waals surface area contributed by atoms with Crippen LogP contribution in [0.3, 0.4) is 0 Å². The Kier molecular flexibility index (Phi) is 11.9. The Morgan fingerprint density at radius 3 is 1.64 bits per heavy atom. The molecule has 56 valence electrons.